The highest BCUT2D eigenvalue weighted by Gasteiger charge is 2.24. The molecule has 0 amide bonds. The maximum Gasteiger partial charge on any atom is 0.344 e. The number of anilines is 1. The highest BCUT2D eigenvalue weighted by atomic mass is 32.1. The number of aromatic nitrogens is 2. The second-order valence-corrected chi connectivity index (χ2v) is 6.76. The van der Waals surface area contributed by atoms with Crippen molar-refractivity contribution < 1.29 is 9.53 Å². The zero-order valence-electron chi connectivity index (χ0n) is 15.2. The highest BCUT2D eigenvalue weighted by Crippen LogP contribution is 2.22. The van der Waals surface area contributed by atoms with Gasteiger partial charge >= 0.3 is 5.97 Å². The third kappa shape index (κ3) is 4.11. The number of rotatable bonds is 5. The first kappa shape index (κ1) is 18.5. The number of nitrogens with zero attached hydrogens (tertiary/aromatic N) is 4. The molecule has 0 saturated carbocycles. The Hall–Kier alpha value is -2.25. The Morgan fingerprint density at radius 3 is 2.54 bits per heavy atom. The van der Waals surface area contributed by atoms with Crippen LogP contribution in [0.15, 0.2) is 36.7 Å². The summed E-state index contributed by atoms with van der Waals surface area (Å²) in [5, 5.41) is 0. The Balaban J connectivity index is 1.98. The topological polar surface area (TPSA) is 50.6 Å². The van der Waals surface area contributed by atoms with E-state index in [0.29, 0.717) is 29.2 Å². The van der Waals surface area contributed by atoms with Gasteiger partial charge in [-0.15, -0.1) is 0 Å². The summed E-state index contributed by atoms with van der Waals surface area (Å²) in [6.07, 6.45) is 1.73. The molecule has 1 saturated heterocycles. The summed E-state index contributed by atoms with van der Waals surface area (Å²) < 4.78 is 7.57. The first-order chi connectivity index (χ1) is 12.6. The van der Waals surface area contributed by atoms with E-state index in [9.17, 15) is 4.79 Å². The molecule has 26 heavy (non-hydrogen) atoms. The van der Waals surface area contributed by atoms with Gasteiger partial charge in [0.15, 0.2) is 0 Å². The molecule has 1 aromatic carbocycles. The van der Waals surface area contributed by atoms with Crippen LogP contribution in [0.25, 0.3) is 0 Å². The third-order valence-electron chi connectivity index (χ3n) is 4.50. The fourth-order valence-electron chi connectivity index (χ4n) is 3.01. The molecular weight excluding hydrogens is 348 g/mol. The minimum absolute atomic E-state index is 0.309. The van der Waals surface area contributed by atoms with Gasteiger partial charge in [-0.2, -0.15) is 0 Å². The summed E-state index contributed by atoms with van der Waals surface area (Å²) in [5.74, 6) is 0.229. The Morgan fingerprint density at radius 2 is 1.88 bits per heavy atom. The summed E-state index contributed by atoms with van der Waals surface area (Å²) in [4.78, 5) is 21.6. The summed E-state index contributed by atoms with van der Waals surface area (Å²) in [6.45, 7) is 6.16. The van der Waals surface area contributed by atoms with Crippen LogP contribution in [0.3, 0.4) is 0 Å². The van der Waals surface area contributed by atoms with Gasteiger partial charge in [0.25, 0.3) is 0 Å². The molecule has 1 aliphatic rings. The molecule has 0 atom stereocenters. The van der Waals surface area contributed by atoms with E-state index < -0.39 is 5.97 Å². The van der Waals surface area contributed by atoms with Crippen molar-refractivity contribution in [3.63, 3.8) is 0 Å². The van der Waals surface area contributed by atoms with Crippen LogP contribution in [-0.4, -0.2) is 60.3 Å². The van der Waals surface area contributed by atoms with Crippen LogP contribution in [-0.2, 0) is 11.3 Å². The fraction of sp³-hybridized carbons (Fsp3) is 0.421. The van der Waals surface area contributed by atoms with Crippen LogP contribution in [0.4, 0.5) is 5.82 Å². The maximum atomic E-state index is 12.6. The number of carbonyl (C=O) groups excluding carboxylic acids is 1. The molecule has 0 unspecified atom stereocenters. The first-order valence-electron chi connectivity index (χ1n) is 8.84. The van der Waals surface area contributed by atoms with Crippen molar-refractivity contribution in [2.45, 2.75) is 13.5 Å². The standard InChI is InChI=1S/C19H24N4O2S/c1-3-25-19(24)16-17(22-11-9-21(2)10-12-22)20-14-23(18(16)26)13-15-7-5-4-6-8-15/h4-8,14H,3,9-13H2,1-2H3. The summed E-state index contributed by atoms with van der Waals surface area (Å²) in [7, 11) is 2.09. The summed E-state index contributed by atoms with van der Waals surface area (Å²) >= 11 is 5.65. The maximum absolute atomic E-state index is 12.6. The molecule has 2 heterocycles. The van der Waals surface area contributed by atoms with Crippen LogP contribution in [0, 0.1) is 4.64 Å². The Bertz CT molecular complexity index is 814. The van der Waals surface area contributed by atoms with Crippen molar-refractivity contribution in [2.75, 3.05) is 44.7 Å². The van der Waals surface area contributed by atoms with Crippen molar-refractivity contribution in [1.29, 1.82) is 0 Å². The van der Waals surface area contributed by atoms with E-state index >= 15 is 0 Å². The van der Waals surface area contributed by atoms with E-state index in [0.717, 1.165) is 31.7 Å². The minimum Gasteiger partial charge on any atom is -0.462 e. The van der Waals surface area contributed by atoms with Crippen LogP contribution in [0.1, 0.15) is 22.8 Å². The molecule has 7 heteroatoms. The second kappa shape index (κ2) is 8.42. The number of hydrogen-bond donors (Lipinski definition) is 0. The number of esters is 1. The number of piperazine rings is 1. The van der Waals surface area contributed by atoms with Gasteiger partial charge in [0.1, 0.15) is 16.0 Å². The molecule has 138 valence electrons. The van der Waals surface area contributed by atoms with E-state index in [1.807, 2.05) is 34.9 Å². The van der Waals surface area contributed by atoms with Crippen molar-refractivity contribution in [1.82, 2.24) is 14.5 Å². The molecule has 6 nitrogen and oxygen atoms in total. The van der Waals surface area contributed by atoms with Gasteiger partial charge in [0.05, 0.1) is 12.9 Å². The Kier molecular flexibility index (Phi) is 6.00. The summed E-state index contributed by atoms with van der Waals surface area (Å²) in [5.41, 5.74) is 1.50. The number of ether oxygens (including phenoxy) is 1. The van der Waals surface area contributed by atoms with Gasteiger partial charge in [-0.1, -0.05) is 42.5 Å². The predicted molar refractivity (Wildman–Crippen MR) is 104 cm³/mol. The first-order valence-corrected chi connectivity index (χ1v) is 9.25. The number of hydrogen-bond acceptors (Lipinski definition) is 6. The average Bonchev–Trinajstić information content (AvgIpc) is 2.65. The van der Waals surface area contributed by atoms with Crippen LogP contribution in [0.5, 0.6) is 0 Å². The zero-order valence-corrected chi connectivity index (χ0v) is 16.0. The van der Waals surface area contributed by atoms with E-state index in [4.69, 9.17) is 17.0 Å². The van der Waals surface area contributed by atoms with Gasteiger partial charge in [-0.25, -0.2) is 9.78 Å². The molecule has 3 rings (SSSR count). The van der Waals surface area contributed by atoms with Gasteiger partial charge in [0, 0.05) is 32.7 Å². The Morgan fingerprint density at radius 1 is 1.19 bits per heavy atom. The van der Waals surface area contributed by atoms with Crippen molar-refractivity contribution in [3.8, 4) is 0 Å². The van der Waals surface area contributed by atoms with E-state index in [1.165, 1.54) is 0 Å². The van der Waals surface area contributed by atoms with Crippen molar-refractivity contribution in [2.24, 2.45) is 0 Å². The largest absolute Gasteiger partial charge is 0.462 e. The minimum atomic E-state index is -0.402. The lowest BCUT2D eigenvalue weighted by molar-refractivity contribution is 0.0524. The van der Waals surface area contributed by atoms with E-state index in [-0.39, 0.29) is 0 Å². The average molecular weight is 372 g/mol. The molecule has 0 aliphatic carbocycles. The van der Waals surface area contributed by atoms with Crippen LogP contribution in [0.2, 0.25) is 0 Å². The zero-order chi connectivity index (χ0) is 18.5. The molecule has 0 bridgehead atoms. The van der Waals surface area contributed by atoms with Gasteiger partial charge in [-0.3, -0.25) is 0 Å². The Labute approximate surface area is 159 Å². The lowest BCUT2D eigenvalue weighted by Crippen LogP contribution is -2.45. The molecule has 0 spiro atoms. The molecule has 1 aromatic heterocycles. The smallest absolute Gasteiger partial charge is 0.344 e. The van der Waals surface area contributed by atoms with Gasteiger partial charge in [-0.05, 0) is 19.5 Å². The van der Waals surface area contributed by atoms with Crippen molar-refractivity contribution in [3.05, 3.63) is 52.4 Å². The van der Waals surface area contributed by atoms with Gasteiger partial charge < -0.3 is 19.1 Å². The molecule has 1 fully saturated rings. The van der Waals surface area contributed by atoms with Crippen molar-refractivity contribution >= 4 is 24.0 Å². The van der Waals surface area contributed by atoms with E-state index in [1.54, 1.807) is 13.3 Å². The highest BCUT2D eigenvalue weighted by molar-refractivity contribution is 7.71. The lowest BCUT2D eigenvalue weighted by atomic mass is 10.2. The number of benzene rings is 1. The third-order valence-corrected chi connectivity index (χ3v) is 4.93. The van der Waals surface area contributed by atoms with Crippen LogP contribution >= 0.6 is 12.2 Å². The number of carbonyl (C=O) groups is 1. The summed E-state index contributed by atoms with van der Waals surface area (Å²) in [6, 6.07) is 10.00. The van der Waals surface area contributed by atoms with E-state index in [2.05, 4.69) is 21.8 Å². The lowest BCUT2D eigenvalue weighted by Gasteiger charge is -2.34. The molecular formula is C19H24N4O2S. The van der Waals surface area contributed by atoms with Gasteiger partial charge in [0.2, 0.25) is 0 Å². The predicted octanol–water partition coefficient (Wildman–Crippen LogP) is 2.59. The monoisotopic (exact) mass is 372 g/mol. The normalized spacial score (nSPS) is 15.1. The fourth-order valence-corrected chi connectivity index (χ4v) is 3.30. The number of likely N-dealkylation sites (N-methyl/N-ethyl adjacent to an activating group) is 1. The molecule has 2 aromatic rings. The SMILES string of the molecule is CCOC(=O)c1c(N2CCN(C)CC2)ncn(Cc2ccccc2)c1=S. The molecule has 0 radical (unpaired) electrons. The molecule has 1 aliphatic heterocycles. The second-order valence-electron chi connectivity index (χ2n) is 6.37. The molecule has 0 N–H and O–H groups in total. The quantitative estimate of drug-likeness (QED) is 0.594. The van der Waals surface area contributed by atoms with Crippen LogP contribution < -0.4 is 4.90 Å².